The van der Waals surface area contributed by atoms with Crippen molar-refractivity contribution in [2.24, 2.45) is 5.10 Å². The third kappa shape index (κ3) is 4.13. The maximum absolute atomic E-state index is 13.1. The first-order chi connectivity index (χ1) is 14.4. The summed E-state index contributed by atoms with van der Waals surface area (Å²) in [6, 6.07) is 8.99. The van der Waals surface area contributed by atoms with Crippen LogP contribution in [0.4, 0.5) is 11.4 Å². The maximum atomic E-state index is 13.1. The predicted molar refractivity (Wildman–Crippen MR) is 115 cm³/mol. The highest BCUT2D eigenvalue weighted by molar-refractivity contribution is 9.10. The molecule has 0 saturated heterocycles. The summed E-state index contributed by atoms with van der Waals surface area (Å²) in [7, 11) is 3.05. The Morgan fingerprint density at radius 3 is 2.37 bits per heavy atom. The number of benzene rings is 2. The lowest BCUT2D eigenvalue weighted by Crippen LogP contribution is -2.21. The molecule has 0 unspecified atom stereocenters. The number of hydrazone groups is 1. The number of nitro groups is 1. The minimum atomic E-state index is -0.510. The molecule has 0 spiro atoms. The fraction of sp³-hybridized carbons (Fsp3) is 0.200. The molecule has 0 aromatic heterocycles. The summed E-state index contributed by atoms with van der Waals surface area (Å²) < 4.78 is 16.8. The molecule has 3 rings (SSSR count). The standard InChI is InChI=1S/C20H18BrN3O6/c1-4-30-19-15(9-12-10-17(28-2)18(29-3)11-16(12)21)20(25)23(22-19)13-5-7-14(8-6-13)24(26)27/h5-11H,4H2,1-3H3. The topological polar surface area (TPSA) is 104 Å². The van der Waals surface area contributed by atoms with Gasteiger partial charge in [-0.3, -0.25) is 14.9 Å². The van der Waals surface area contributed by atoms with Gasteiger partial charge in [-0.1, -0.05) is 15.9 Å². The fourth-order valence-electron chi connectivity index (χ4n) is 2.79. The van der Waals surface area contributed by atoms with Gasteiger partial charge in [0.05, 0.1) is 31.4 Å². The Hall–Kier alpha value is -3.40. The molecule has 1 amide bonds. The van der Waals surface area contributed by atoms with Gasteiger partial charge in [-0.05, 0) is 42.8 Å². The Morgan fingerprint density at radius 1 is 1.17 bits per heavy atom. The average molecular weight is 476 g/mol. The number of carbonyl (C=O) groups is 1. The van der Waals surface area contributed by atoms with Crippen molar-refractivity contribution in [3.8, 4) is 11.5 Å². The van der Waals surface area contributed by atoms with Crippen LogP contribution in [0, 0.1) is 10.1 Å². The molecule has 10 heteroatoms. The monoisotopic (exact) mass is 475 g/mol. The van der Waals surface area contributed by atoms with E-state index in [4.69, 9.17) is 14.2 Å². The number of nitro benzene ring substituents is 1. The van der Waals surface area contributed by atoms with Crippen LogP contribution in [0.5, 0.6) is 11.5 Å². The van der Waals surface area contributed by atoms with E-state index in [0.717, 1.165) is 5.01 Å². The number of hydrogen-bond acceptors (Lipinski definition) is 7. The van der Waals surface area contributed by atoms with Crippen LogP contribution in [0.2, 0.25) is 0 Å². The zero-order valence-corrected chi connectivity index (χ0v) is 18.0. The molecule has 9 nitrogen and oxygen atoms in total. The van der Waals surface area contributed by atoms with E-state index >= 15 is 0 Å². The van der Waals surface area contributed by atoms with Crippen molar-refractivity contribution in [3.05, 3.63) is 62.1 Å². The molecule has 2 aromatic rings. The SMILES string of the molecule is CCOC1=NN(c2ccc([N+](=O)[O-])cc2)C(=O)C1=Cc1cc(OC)c(OC)cc1Br. The third-order valence-electron chi connectivity index (χ3n) is 4.23. The van der Waals surface area contributed by atoms with E-state index in [1.807, 2.05) is 0 Å². The highest BCUT2D eigenvalue weighted by Crippen LogP contribution is 2.35. The molecule has 0 atom stereocenters. The minimum absolute atomic E-state index is 0.0792. The summed E-state index contributed by atoms with van der Waals surface area (Å²) in [5.74, 6) is 0.770. The van der Waals surface area contributed by atoms with Crippen LogP contribution in [0.25, 0.3) is 6.08 Å². The molecule has 0 fully saturated rings. The number of methoxy groups -OCH3 is 2. The number of nitrogens with zero attached hydrogens (tertiary/aromatic N) is 3. The van der Waals surface area contributed by atoms with Gasteiger partial charge in [0.1, 0.15) is 5.57 Å². The molecule has 0 saturated carbocycles. The van der Waals surface area contributed by atoms with Crippen molar-refractivity contribution in [2.75, 3.05) is 25.8 Å². The van der Waals surface area contributed by atoms with Gasteiger partial charge in [0.2, 0.25) is 5.90 Å². The van der Waals surface area contributed by atoms with E-state index in [1.54, 1.807) is 25.1 Å². The summed E-state index contributed by atoms with van der Waals surface area (Å²) in [6.07, 6.45) is 1.63. The highest BCUT2D eigenvalue weighted by atomic mass is 79.9. The van der Waals surface area contributed by atoms with E-state index in [2.05, 4.69) is 21.0 Å². The summed E-state index contributed by atoms with van der Waals surface area (Å²) >= 11 is 3.47. The molecule has 2 aromatic carbocycles. The molecule has 1 aliphatic rings. The second kappa shape index (κ2) is 8.95. The van der Waals surface area contributed by atoms with Gasteiger partial charge >= 0.3 is 0 Å². The molecule has 0 bridgehead atoms. The maximum Gasteiger partial charge on any atom is 0.284 e. The van der Waals surface area contributed by atoms with Crippen molar-refractivity contribution >= 4 is 45.2 Å². The van der Waals surface area contributed by atoms with Crippen molar-refractivity contribution in [1.82, 2.24) is 0 Å². The van der Waals surface area contributed by atoms with Gasteiger partial charge in [-0.2, -0.15) is 5.01 Å². The average Bonchev–Trinajstić information content (AvgIpc) is 3.04. The molecule has 1 heterocycles. The van der Waals surface area contributed by atoms with Crippen molar-refractivity contribution in [1.29, 1.82) is 0 Å². The lowest BCUT2D eigenvalue weighted by atomic mass is 10.1. The smallest absolute Gasteiger partial charge is 0.284 e. The van der Waals surface area contributed by atoms with Gasteiger partial charge in [0.15, 0.2) is 11.5 Å². The molecule has 0 aliphatic carbocycles. The van der Waals surface area contributed by atoms with Crippen LogP contribution in [0.1, 0.15) is 12.5 Å². The summed E-state index contributed by atoms with van der Waals surface area (Å²) in [5.41, 5.74) is 1.21. The lowest BCUT2D eigenvalue weighted by molar-refractivity contribution is -0.384. The Morgan fingerprint density at radius 2 is 1.80 bits per heavy atom. The first-order valence-electron chi connectivity index (χ1n) is 8.83. The third-order valence-corrected chi connectivity index (χ3v) is 4.92. The number of halogens is 1. The van der Waals surface area contributed by atoms with Crippen LogP contribution in [0.15, 0.2) is 51.5 Å². The Labute approximate surface area is 180 Å². The summed E-state index contributed by atoms with van der Waals surface area (Å²) in [6.45, 7) is 2.09. The number of rotatable bonds is 6. The first kappa shape index (κ1) is 21.3. The summed E-state index contributed by atoms with van der Waals surface area (Å²) in [5, 5.41) is 16.3. The Kier molecular flexibility index (Phi) is 6.36. The Bertz CT molecular complexity index is 1050. The van der Waals surface area contributed by atoms with Crippen LogP contribution in [-0.2, 0) is 9.53 Å². The van der Waals surface area contributed by atoms with E-state index in [0.29, 0.717) is 33.8 Å². The molecule has 30 heavy (non-hydrogen) atoms. The van der Waals surface area contributed by atoms with Gasteiger partial charge in [0, 0.05) is 16.6 Å². The van der Waals surface area contributed by atoms with E-state index in [1.165, 1.54) is 38.5 Å². The van der Waals surface area contributed by atoms with Crippen LogP contribution in [0.3, 0.4) is 0 Å². The molecule has 156 valence electrons. The van der Waals surface area contributed by atoms with E-state index in [9.17, 15) is 14.9 Å². The molecular weight excluding hydrogens is 458 g/mol. The summed E-state index contributed by atoms with van der Waals surface area (Å²) in [4.78, 5) is 23.4. The number of non-ortho nitro benzene ring substituents is 1. The molecule has 1 aliphatic heterocycles. The quantitative estimate of drug-likeness (QED) is 0.353. The first-order valence-corrected chi connectivity index (χ1v) is 9.62. The van der Waals surface area contributed by atoms with Gasteiger partial charge < -0.3 is 14.2 Å². The van der Waals surface area contributed by atoms with E-state index < -0.39 is 10.8 Å². The highest BCUT2D eigenvalue weighted by Gasteiger charge is 2.33. The Balaban J connectivity index is 2.02. The number of anilines is 1. The molecular formula is C20H18BrN3O6. The largest absolute Gasteiger partial charge is 0.493 e. The zero-order valence-electron chi connectivity index (χ0n) is 16.4. The van der Waals surface area contributed by atoms with E-state index in [-0.39, 0.29) is 17.2 Å². The van der Waals surface area contributed by atoms with Crippen molar-refractivity contribution in [2.45, 2.75) is 6.92 Å². The number of carbonyl (C=O) groups excluding carboxylic acids is 1. The van der Waals surface area contributed by atoms with Crippen LogP contribution in [-0.4, -0.2) is 37.6 Å². The minimum Gasteiger partial charge on any atom is -0.493 e. The van der Waals surface area contributed by atoms with Crippen LogP contribution < -0.4 is 14.5 Å². The lowest BCUT2D eigenvalue weighted by Gasteiger charge is -2.11. The zero-order chi connectivity index (χ0) is 21.8. The number of ether oxygens (including phenoxy) is 3. The van der Waals surface area contributed by atoms with Gasteiger partial charge in [-0.25, -0.2) is 0 Å². The normalized spacial score (nSPS) is 14.7. The van der Waals surface area contributed by atoms with Crippen molar-refractivity contribution in [3.63, 3.8) is 0 Å². The molecule has 0 radical (unpaired) electrons. The van der Waals surface area contributed by atoms with Gasteiger partial charge in [-0.15, -0.1) is 5.10 Å². The second-order valence-electron chi connectivity index (χ2n) is 6.02. The number of amides is 1. The van der Waals surface area contributed by atoms with Crippen molar-refractivity contribution < 1.29 is 23.9 Å². The van der Waals surface area contributed by atoms with Gasteiger partial charge in [0.25, 0.3) is 11.6 Å². The fourth-order valence-corrected chi connectivity index (χ4v) is 3.23. The number of hydrogen-bond donors (Lipinski definition) is 0. The molecule has 0 N–H and O–H groups in total. The second-order valence-corrected chi connectivity index (χ2v) is 6.87. The predicted octanol–water partition coefficient (Wildman–Crippen LogP) is 4.15. The van der Waals surface area contributed by atoms with Crippen LogP contribution >= 0.6 is 15.9 Å².